The Labute approximate surface area is 146 Å². The highest BCUT2D eigenvalue weighted by Crippen LogP contribution is 2.20. The van der Waals surface area contributed by atoms with Crippen molar-refractivity contribution in [2.75, 3.05) is 19.6 Å². The second-order valence-corrected chi connectivity index (χ2v) is 7.07. The molecule has 0 atom stereocenters. The van der Waals surface area contributed by atoms with E-state index in [-0.39, 0.29) is 36.2 Å². The van der Waals surface area contributed by atoms with Crippen LogP contribution >= 0.6 is 11.3 Å². The van der Waals surface area contributed by atoms with E-state index in [4.69, 9.17) is 4.74 Å². The highest BCUT2D eigenvalue weighted by molar-refractivity contribution is 7.12. The maximum Gasteiger partial charge on any atom is 0.307 e. The number of rotatable bonds is 6. The van der Waals surface area contributed by atoms with Crippen molar-refractivity contribution in [3.8, 4) is 0 Å². The van der Waals surface area contributed by atoms with Crippen LogP contribution in [0.25, 0.3) is 0 Å². The molecule has 1 saturated heterocycles. The van der Waals surface area contributed by atoms with Crippen molar-refractivity contribution in [3.63, 3.8) is 0 Å². The SMILES string of the molecule is CC(C)OC(=O)CCNC(=O)C1CCN(C(=O)c2cccs2)CC1. The number of likely N-dealkylation sites (tertiary alicyclic amines) is 1. The minimum absolute atomic E-state index is 0.0419. The van der Waals surface area contributed by atoms with Gasteiger partial charge in [-0.1, -0.05) is 6.07 Å². The number of carbonyl (C=O) groups excluding carboxylic acids is 3. The van der Waals surface area contributed by atoms with Gasteiger partial charge < -0.3 is 15.0 Å². The monoisotopic (exact) mass is 352 g/mol. The van der Waals surface area contributed by atoms with E-state index in [9.17, 15) is 14.4 Å². The van der Waals surface area contributed by atoms with E-state index in [1.807, 2.05) is 17.5 Å². The first-order chi connectivity index (χ1) is 11.5. The fraction of sp³-hybridized carbons (Fsp3) is 0.588. The van der Waals surface area contributed by atoms with Crippen LogP contribution in [-0.4, -0.2) is 48.4 Å². The number of esters is 1. The Balaban J connectivity index is 1.69. The molecule has 6 nitrogen and oxygen atoms in total. The van der Waals surface area contributed by atoms with Gasteiger partial charge in [-0.25, -0.2) is 0 Å². The molecule has 1 aromatic rings. The van der Waals surface area contributed by atoms with E-state index in [0.29, 0.717) is 32.5 Å². The summed E-state index contributed by atoms with van der Waals surface area (Å²) in [6, 6.07) is 3.68. The summed E-state index contributed by atoms with van der Waals surface area (Å²) in [5.74, 6) is -0.406. The van der Waals surface area contributed by atoms with Gasteiger partial charge in [0, 0.05) is 25.6 Å². The first kappa shape index (κ1) is 18.4. The highest BCUT2D eigenvalue weighted by Gasteiger charge is 2.28. The molecule has 0 bridgehead atoms. The number of amides is 2. The van der Waals surface area contributed by atoms with Gasteiger partial charge in [0.15, 0.2) is 0 Å². The van der Waals surface area contributed by atoms with Crippen molar-refractivity contribution in [1.82, 2.24) is 10.2 Å². The van der Waals surface area contributed by atoms with E-state index in [0.717, 1.165) is 4.88 Å². The maximum absolute atomic E-state index is 12.3. The Hall–Kier alpha value is -1.89. The van der Waals surface area contributed by atoms with Crippen molar-refractivity contribution in [3.05, 3.63) is 22.4 Å². The molecular formula is C17H24N2O4S. The summed E-state index contributed by atoms with van der Waals surface area (Å²) in [5, 5.41) is 4.67. The summed E-state index contributed by atoms with van der Waals surface area (Å²) in [6.45, 7) is 5.05. The summed E-state index contributed by atoms with van der Waals surface area (Å²) in [7, 11) is 0. The third-order valence-electron chi connectivity index (χ3n) is 3.88. The number of hydrogen-bond donors (Lipinski definition) is 1. The first-order valence-electron chi connectivity index (χ1n) is 8.27. The number of thiophene rings is 1. The molecule has 0 aromatic carbocycles. The Morgan fingerprint density at radius 2 is 2.04 bits per heavy atom. The molecule has 1 aliphatic rings. The second kappa shape index (κ2) is 8.82. The molecule has 0 unspecified atom stereocenters. The molecule has 132 valence electrons. The quantitative estimate of drug-likeness (QED) is 0.795. The molecule has 1 aliphatic heterocycles. The average Bonchev–Trinajstić information content (AvgIpc) is 3.08. The van der Waals surface area contributed by atoms with E-state index < -0.39 is 0 Å². The molecule has 0 aliphatic carbocycles. The number of hydrogen-bond acceptors (Lipinski definition) is 5. The Morgan fingerprint density at radius 3 is 2.62 bits per heavy atom. The van der Waals surface area contributed by atoms with E-state index in [2.05, 4.69) is 5.32 Å². The standard InChI is InChI=1S/C17H24N2O4S/c1-12(2)23-15(20)5-8-18-16(21)13-6-9-19(10-7-13)17(22)14-4-3-11-24-14/h3-4,11-13H,5-10H2,1-2H3,(H,18,21). The van der Waals surface area contributed by atoms with Gasteiger partial charge in [-0.05, 0) is 38.1 Å². The molecule has 1 N–H and O–H groups in total. The van der Waals surface area contributed by atoms with Gasteiger partial charge in [-0.2, -0.15) is 0 Å². The minimum atomic E-state index is -0.304. The number of piperidine rings is 1. The lowest BCUT2D eigenvalue weighted by Gasteiger charge is -2.31. The van der Waals surface area contributed by atoms with Crippen LogP contribution in [0.15, 0.2) is 17.5 Å². The van der Waals surface area contributed by atoms with Crippen molar-refractivity contribution in [1.29, 1.82) is 0 Å². The Morgan fingerprint density at radius 1 is 1.33 bits per heavy atom. The van der Waals surface area contributed by atoms with Gasteiger partial charge in [0.2, 0.25) is 5.91 Å². The summed E-state index contributed by atoms with van der Waals surface area (Å²) < 4.78 is 5.02. The van der Waals surface area contributed by atoms with Crippen LogP contribution in [-0.2, 0) is 14.3 Å². The molecule has 1 fully saturated rings. The predicted octanol–water partition coefficient (Wildman–Crippen LogP) is 2.06. The molecule has 0 saturated carbocycles. The zero-order valence-corrected chi connectivity index (χ0v) is 14.9. The Bertz CT molecular complexity index is 563. The lowest BCUT2D eigenvalue weighted by atomic mass is 9.95. The lowest BCUT2D eigenvalue weighted by Crippen LogP contribution is -2.43. The third kappa shape index (κ3) is 5.33. The molecule has 0 radical (unpaired) electrons. The molecule has 0 spiro atoms. The summed E-state index contributed by atoms with van der Waals surface area (Å²) in [4.78, 5) is 38.4. The summed E-state index contributed by atoms with van der Waals surface area (Å²) in [5.41, 5.74) is 0. The number of ether oxygens (including phenoxy) is 1. The van der Waals surface area contributed by atoms with Crippen LogP contribution in [0.1, 0.15) is 42.8 Å². The van der Waals surface area contributed by atoms with Crippen LogP contribution in [0, 0.1) is 5.92 Å². The molecule has 2 rings (SSSR count). The zero-order valence-electron chi connectivity index (χ0n) is 14.1. The summed E-state index contributed by atoms with van der Waals surface area (Å²) >= 11 is 1.44. The molecular weight excluding hydrogens is 328 g/mol. The van der Waals surface area contributed by atoms with Crippen molar-refractivity contribution < 1.29 is 19.1 Å². The van der Waals surface area contributed by atoms with Crippen LogP contribution in [0.5, 0.6) is 0 Å². The van der Waals surface area contributed by atoms with E-state index >= 15 is 0 Å². The van der Waals surface area contributed by atoms with Crippen molar-refractivity contribution in [2.24, 2.45) is 5.92 Å². The normalized spacial score (nSPS) is 15.4. The zero-order chi connectivity index (χ0) is 17.5. The largest absolute Gasteiger partial charge is 0.463 e. The highest BCUT2D eigenvalue weighted by atomic mass is 32.1. The second-order valence-electron chi connectivity index (χ2n) is 6.12. The molecule has 1 aromatic heterocycles. The lowest BCUT2D eigenvalue weighted by molar-refractivity contribution is -0.147. The molecule has 2 heterocycles. The smallest absolute Gasteiger partial charge is 0.307 e. The topological polar surface area (TPSA) is 75.7 Å². The number of nitrogens with zero attached hydrogens (tertiary/aromatic N) is 1. The van der Waals surface area contributed by atoms with Gasteiger partial charge in [0.25, 0.3) is 5.91 Å². The molecule has 7 heteroatoms. The van der Waals surface area contributed by atoms with Gasteiger partial charge >= 0.3 is 5.97 Å². The van der Waals surface area contributed by atoms with Crippen LogP contribution in [0.2, 0.25) is 0 Å². The fourth-order valence-electron chi connectivity index (χ4n) is 2.65. The summed E-state index contributed by atoms with van der Waals surface area (Å²) in [6.07, 6.45) is 1.34. The Kier molecular flexibility index (Phi) is 6.78. The van der Waals surface area contributed by atoms with Crippen LogP contribution in [0.4, 0.5) is 0 Å². The maximum atomic E-state index is 12.3. The number of nitrogens with one attached hydrogen (secondary N) is 1. The van der Waals surface area contributed by atoms with E-state index in [1.54, 1.807) is 18.7 Å². The van der Waals surface area contributed by atoms with Gasteiger partial charge in [0.1, 0.15) is 0 Å². The van der Waals surface area contributed by atoms with Crippen LogP contribution in [0.3, 0.4) is 0 Å². The van der Waals surface area contributed by atoms with Crippen molar-refractivity contribution >= 4 is 29.1 Å². The fourth-order valence-corrected chi connectivity index (χ4v) is 3.35. The first-order valence-corrected chi connectivity index (χ1v) is 9.15. The van der Waals surface area contributed by atoms with Crippen LogP contribution < -0.4 is 5.32 Å². The molecule has 2 amide bonds. The van der Waals surface area contributed by atoms with Gasteiger partial charge in [-0.15, -0.1) is 11.3 Å². The number of carbonyl (C=O) groups is 3. The average molecular weight is 352 g/mol. The molecule has 24 heavy (non-hydrogen) atoms. The van der Waals surface area contributed by atoms with E-state index in [1.165, 1.54) is 11.3 Å². The van der Waals surface area contributed by atoms with Gasteiger partial charge in [-0.3, -0.25) is 14.4 Å². The van der Waals surface area contributed by atoms with Crippen molar-refractivity contribution in [2.45, 2.75) is 39.2 Å². The van der Waals surface area contributed by atoms with Gasteiger partial charge in [0.05, 0.1) is 17.4 Å². The predicted molar refractivity (Wildman–Crippen MR) is 91.8 cm³/mol. The minimum Gasteiger partial charge on any atom is -0.463 e. The third-order valence-corrected chi connectivity index (χ3v) is 4.74.